The van der Waals surface area contributed by atoms with Crippen LogP contribution in [-0.4, -0.2) is 58.5 Å². The molecule has 0 aliphatic carbocycles. The third kappa shape index (κ3) is 4.27. The van der Waals surface area contributed by atoms with E-state index in [1.165, 1.54) is 18.2 Å². The minimum absolute atomic E-state index is 0.0105. The summed E-state index contributed by atoms with van der Waals surface area (Å²) in [7, 11) is 0. The fourth-order valence-electron chi connectivity index (χ4n) is 2.99. The van der Waals surface area contributed by atoms with Gasteiger partial charge in [0, 0.05) is 6.07 Å². The highest BCUT2D eigenvalue weighted by atomic mass is 16.5. The third-order valence-corrected chi connectivity index (χ3v) is 4.47. The second-order valence-corrected chi connectivity index (χ2v) is 6.74. The first kappa shape index (κ1) is 22.0. The van der Waals surface area contributed by atoms with Crippen LogP contribution in [0.25, 0.3) is 5.69 Å². The first-order valence-corrected chi connectivity index (χ1v) is 9.43. The van der Waals surface area contributed by atoms with Crippen LogP contribution in [0.3, 0.4) is 0 Å². The van der Waals surface area contributed by atoms with Gasteiger partial charge in [-0.15, -0.1) is 0 Å². The lowest BCUT2D eigenvalue weighted by molar-refractivity contribution is 0.00932. The Morgan fingerprint density at radius 1 is 1.23 bits per heavy atom. The fourth-order valence-corrected chi connectivity index (χ4v) is 2.99. The number of fused-ring (bicyclic) bond motifs is 1. The Labute approximate surface area is 176 Å². The minimum atomic E-state index is -1.23. The molecule has 0 bridgehead atoms. The van der Waals surface area contributed by atoms with E-state index in [-0.39, 0.29) is 33.9 Å². The van der Waals surface area contributed by atoms with E-state index in [2.05, 4.69) is 5.32 Å². The molecule has 31 heavy (non-hydrogen) atoms. The average molecular weight is 431 g/mol. The Hall–Kier alpha value is -3.70. The molecule has 1 aromatic heterocycles. The Bertz CT molecular complexity index is 1110. The lowest BCUT2D eigenvalue weighted by Crippen LogP contribution is -2.25. The maximum atomic E-state index is 12.8. The number of aromatic nitrogens is 1. The zero-order valence-electron chi connectivity index (χ0n) is 16.6. The molecule has 11 nitrogen and oxygen atoms in total. The molecule has 1 aromatic carbocycles. The van der Waals surface area contributed by atoms with Gasteiger partial charge in [-0.05, 0) is 24.6 Å². The number of aliphatic hydroxyl groups excluding tert-OH is 2. The summed E-state index contributed by atoms with van der Waals surface area (Å²) in [6.45, 7) is 1.17. The normalized spacial score (nSPS) is 13.5. The molecule has 2 amide bonds. The van der Waals surface area contributed by atoms with Gasteiger partial charge in [-0.3, -0.25) is 24.3 Å². The molecule has 0 fully saturated rings. The van der Waals surface area contributed by atoms with Gasteiger partial charge in [0.15, 0.2) is 0 Å². The molecule has 2 aromatic rings. The Balaban J connectivity index is 2.12. The molecule has 3 rings (SSSR count). The van der Waals surface area contributed by atoms with E-state index in [0.29, 0.717) is 13.0 Å². The van der Waals surface area contributed by atoms with Gasteiger partial charge in [0.05, 0.1) is 35.6 Å². The van der Waals surface area contributed by atoms with Gasteiger partial charge in [0.25, 0.3) is 17.4 Å². The number of nitrogens with zero attached hydrogens (tertiary/aromatic N) is 1. The average Bonchev–Trinajstić information content (AvgIpc) is 3.03. The van der Waals surface area contributed by atoms with Crippen LogP contribution in [-0.2, 0) is 4.74 Å². The lowest BCUT2D eigenvalue weighted by Gasteiger charge is -2.17. The SMILES string of the molecule is CCCOc1ccc(C(=O)OCC(O)CO)cc1-n1c(N)c2c(cc1=O)C(=O)NC2=O. The van der Waals surface area contributed by atoms with E-state index >= 15 is 0 Å². The Kier molecular flexibility index (Phi) is 6.37. The molecular formula is C20H21N3O8. The monoisotopic (exact) mass is 431 g/mol. The molecule has 11 heteroatoms. The third-order valence-electron chi connectivity index (χ3n) is 4.47. The number of amides is 2. The van der Waals surface area contributed by atoms with E-state index in [1.54, 1.807) is 0 Å². The number of aliphatic hydroxyl groups is 2. The molecular weight excluding hydrogens is 410 g/mol. The van der Waals surface area contributed by atoms with Crippen molar-refractivity contribution in [1.29, 1.82) is 0 Å². The van der Waals surface area contributed by atoms with Gasteiger partial charge in [0.2, 0.25) is 0 Å². The van der Waals surface area contributed by atoms with Crippen molar-refractivity contribution in [2.24, 2.45) is 0 Å². The highest BCUT2D eigenvalue weighted by Crippen LogP contribution is 2.29. The van der Waals surface area contributed by atoms with Crippen LogP contribution >= 0.6 is 0 Å². The predicted octanol–water partition coefficient (Wildman–Crippen LogP) is -0.398. The smallest absolute Gasteiger partial charge is 0.338 e. The highest BCUT2D eigenvalue weighted by Gasteiger charge is 2.32. The number of ether oxygens (including phenoxy) is 2. The van der Waals surface area contributed by atoms with Crippen LogP contribution in [0.15, 0.2) is 29.1 Å². The highest BCUT2D eigenvalue weighted by molar-refractivity contribution is 6.23. The topological polar surface area (TPSA) is 170 Å². The molecule has 2 heterocycles. The number of hydrogen-bond donors (Lipinski definition) is 4. The Morgan fingerprint density at radius 3 is 2.65 bits per heavy atom. The number of rotatable bonds is 8. The van der Waals surface area contributed by atoms with Crippen LogP contribution in [0, 0.1) is 0 Å². The predicted molar refractivity (Wildman–Crippen MR) is 107 cm³/mol. The van der Waals surface area contributed by atoms with Gasteiger partial charge in [-0.2, -0.15) is 0 Å². The largest absolute Gasteiger partial charge is 0.491 e. The van der Waals surface area contributed by atoms with E-state index in [9.17, 15) is 24.3 Å². The summed E-state index contributed by atoms with van der Waals surface area (Å²) in [6.07, 6.45) is -0.574. The number of benzene rings is 1. The van der Waals surface area contributed by atoms with Crippen LogP contribution in [0.5, 0.6) is 5.75 Å². The van der Waals surface area contributed by atoms with E-state index in [4.69, 9.17) is 20.3 Å². The summed E-state index contributed by atoms with van der Waals surface area (Å²) in [4.78, 5) is 49.1. The van der Waals surface area contributed by atoms with Crippen molar-refractivity contribution in [2.45, 2.75) is 19.4 Å². The van der Waals surface area contributed by atoms with Crippen molar-refractivity contribution in [3.63, 3.8) is 0 Å². The van der Waals surface area contributed by atoms with Crippen molar-refractivity contribution in [3.05, 3.63) is 51.3 Å². The second kappa shape index (κ2) is 8.98. The first-order chi connectivity index (χ1) is 14.8. The molecule has 164 valence electrons. The van der Waals surface area contributed by atoms with Gasteiger partial charge in [-0.25, -0.2) is 4.79 Å². The van der Waals surface area contributed by atoms with Gasteiger partial charge >= 0.3 is 5.97 Å². The van der Waals surface area contributed by atoms with Gasteiger partial charge in [0.1, 0.15) is 24.3 Å². The summed E-state index contributed by atoms with van der Waals surface area (Å²) in [5, 5.41) is 20.3. The van der Waals surface area contributed by atoms with Crippen molar-refractivity contribution in [3.8, 4) is 11.4 Å². The zero-order chi connectivity index (χ0) is 22.7. The lowest BCUT2D eigenvalue weighted by atomic mass is 10.1. The molecule has 5 N–H and O–H groups in total. The number of pyridine rings is 1. The van der Waals surface area contributed by atoms with Crippen LogP contribution < -0.4 is 21.3 Å². The standard InChI is InChI=1S/C20H21N3O8/c1-2-5-30-14-4-3-10(20(29)31-9-11(25)8-24)6-13(14)23-15(26)7-12-16(17(23)21)19(28)22-18(12)27/h3-4,6-7,11,24-25H,2,5,8-9,21H2,1H3,(H,22,27,28). The maximum Gasteiger partial charge on any atom is 0.338 e. The number of nitrogen functional groups attached to an aromatic ring is 1. The number of nitrogens with two attached hydrogens (primary N) is 1. The van der Waals surface area contributed by atoms with Crippen molar-refractivity contribution >= 4 is 23.6 Å². The summed E-state index contributed by atoms with van der Waals surface area (Å²) < 4.78 is 11.6. The second-order valence-electron chi connectivity index (χ2n) is 6.74. The molecule has 1 unspecified atom stereocenters. The van der Waals surface area contributed by atoms with E-state index in [0.717, 1.165) is 10.6 Å². The molecule has 0 radical (unpaired) electrons. The fraction of sp³-hybridized carbons (Fsp3) is 0.300. The van der Waals surface area contributed by atoms with Crippen LogP contribution in [0.1, 0.15) is 44.4 Å². The molecule has 0 spiro atoms. The number of esters is 1. The van der Waals surface area contributed by atoms with Crippen molar-refractivity contribution < 1.29 is 34.1 Å². The van der Waals surface area contributed by atoms with Crippen LogP contribution in [0.4, 0.5) is 5.82 Å². The number of nitrogens with one attached hydrogen (secondary N) is 1. The van der Waals surface area contributed by atoms with Gasteiger partial charge in [-0.1, -0.05) is 6.92 Å². The summed E-state index contributed by atoms with van der Waals surface area (Å²) in [5.74, 6) is -2.36. The Morgan fingerprint density at radius 2 is 1.97 bits per heavy atom. The molecule has 1 aliphatic heterocycles. The maximum absolute atomic E-state index is 12.8. The summed E-state index contributed by atoms with van der Waals surface area (Å²) in [5.41, 5.74) is 5.18. The molecule has 1 aliphatic rings. The summed E-state index contributed by atoms with van der Waals surface area (Å²) >= 11 is 0. The molecule has 0 saturated heterocycles. The van der Waals surface area contributed by atoms with E-state index < -0.39 is 42.7 Å². The van der Waals surface area contributed by atoms with Crippen molar-refractivity contribution in [2.75, 3.05) is 25.6 Å². The quantitative estimate of drug-likeness (QED) is 0.321. The number of carbonyl (C=O) groups excluding carboxylic acids is 3. The van der Waals surface area contributed by atoms with E-state index in [1.807, 2.05) is 6.92 Å². The molecule has 1 atom stereocenters. The van der Waals surface area contributed by atoms with Crippen LogP contribution in [0.2, 0.25) is 0 Å². The number of anilines is 1. The first-order valence-electron chi connectivity index (χ1n) is 9.43. The van der Waals surface area contributed by atoms with Gasteiger partial charge < -0.3 is 25.4 Å². The minimum Gasteiger partial charge on any atom is -0.491 e. The number of imide groups is 1. The zero-order valence-corrected chi connectivity index (χ0v) is 16.6. The van der Waals surface area contributed by atoms with Crippen molar-refractivity contribution in [1.82, 2.24) is 9.88 Å². The number of hydrogen-bond acceptors (Lipinski definition) is 9. The number of carbonyl (C=O) groups is 3. The summed E-state index contributed by atoms with van der Waals surface area (Å²) in [6, 6.07) is 5.11. The molecule has 0 saturated carbocycles.